The summed E-state index contributed by atoms with van der Waals surface area (Å²) >= 11 is 0. The summed E-state index contributed by atoms with van der Waals surface area (Å²) in [5, 5.41) is 2.33. The number of rotatable bonds is 1. The van der Waals surface area contributed by atoms with Crippen molar-refractivity contribution in [2.75, 3.05) is 13.6 Å². The van der Waals surface area contributed by atoms with Crippen molar-refractivity contribution < 1.29 is 0 Å². The van der Waals surface area contributed by atoms with E-state index in [0.29, 0.717) is 0 Å². The monoisotopic (exact) mass is 325 g/mol. The molecule has 0 aromatic heterocycles. The van der Waals surface area contributed by atoms with E-state index in [1.807, 2.05) is 0 Å². The van der Waals surface area contributed by atoms with Crippen LogP contribution in [0.5, 0.6) is 0 Å². The standard InChI is InChI=1S/C3H8N.Rf/c1-3-4-2;/h3H2,1-2H3;/q-1;+1. The fourth-order valence-electron chi connectivity index (χ4n) is 0. The molecule has 0 heterocycles. The van der Waals surface area contributed by atoms with Gasteiger partial charge in [-0.05, 0) is 0 Å². The van der Waals surface area contributed by atoms with Gasteiger partial charge >= 0.3 is 25.8 Å². The molecule has 0 fully saturated rings. The predicted octanol–water partition coefficient (Wildman–Crippen LogP) is 0.402. The molecular weight excluding hydrogens is 317 g/mol. The van der Waals surface area contributed by atoms with Crippen LogP contribution in [0.4, 0.5) is 0 Å². The van der Waals surface area contributed by atoms with Crippen molar-refractivity contribution in [3.05, 3.63) is 0 Å². The summed E-state index contributed by atoms with van der Waals surface area (Å²) in [7, 11) is 2.15. The van der Waals surface area contributed by atoms with Crippen LogP contribution in [0.3, 0.4) is 0 Å². The quantitative estimate of drug-likeness (QED) is 0.675. The molecule has 0 aromatic carbocycles. The van der Waals surface area contributed by atoms with Crippen LogP contribution in [-0.2, 0) is 0 Å². The van der Waals surface area contributed by atoms with Gasteiger partial charge in [0.15, 0.2) is 0 Å². The van der Waals surface area contributed by atoms with Gasteiger partial charge in [0.05, 0.1) is 0 Å². The molecule has 0 saturated carbocycles. The van der Waals surface area contributed by atoms with E-state index in [1.54, 1.807) is 0 Å². The van der Waals surface area contributed by atoms with Gasteiger partial charge in [-0.15, -0.1) is 0 Å². The molecule has 0 spiro atoms. The third kappa shape index (κ3) is 2.96. The van der Waals surface area contributed by atoms with Gasteiger partial charge in [0.25, 0.3) is 0 Å². The minimum absolute atomic E-state index is 0.771. The van der Waals surface area contributed by atoms with Crippen molar-refractivity contribution in [3.63, 3.8) is 0 Å². The van der Waals surface area contributed by atoms with E-state index in [-0.39, 0.29) is 0 Å². The molecule has 0 unspecified atom stereocenters. The van der Waals surface area contributed by atoms with E-state index in [1.165, 1.54) is 6.54 Å². The maximum atomic E-state index is 2.33. The predicted molar refractivity (Wildman–Crippen MR) is 18.3 cm³/mol. The van der Waals surface area contributed by atoms with E-state index in [9.17, 15) is 0 Å². The van der Waals surface area contributed by atoms with Gasteiger partial charge < -0.3 is 0 Å². The Hall–Kier alpha value is -1.04. The zero-order valence-corrected chi connectivity index (χ0v) is 10.3. The van der Waals surface area contributed by atoms with Gasteiger partial charge in [-0.2, -0.15) is 0 Å². The van der Waals surface area contributed by atoms with Gasteiger partial charge in [0.1, 0.15) is 0 Å². The van der Waals surface area contributed by atoms with Crippen LogP contribution in [0.15, 0.2) is 0 Å². The van der Waals surface area contributed by atoms with Gasteiger partial charge in [-0.3, -0.25) is 0 Å². The molecule has 0 aromatic rings. The summed E-state index contributed by atoms with van der Waals surface area (Å²) in [5.41, 5.74) is 0. The average molecular weight is 325 g/mol. The Bertz CT molecular complexity index is 20.9. The Labute approximate surface area is 27.0 Å². The normalized spacial score (nSPS) is 9.80. The average Bonchev–Trinajstić information content (AvgIpc) is 1.38. The number of hydrogen-bond donors (Lipinski definition) is 0. The summed E-state index contributed by atoms with van der Waals surface area (Å²) in [4.78, 5) is 0. The van der Waals surface area contributed by atoms with Crippen LogP contribution < -0.4 is 0 Å². The van der Waals surface area contributed by atoms with Crippen LogP contribution in [0, 0.1) is 0 Å². The molecule has 0 radical (unpaired) electrons. The molecule has 0 aliphatic heterocycles. The minimum atomic E-state index is 0.771. The molecule has 0 aliphatic rings. The Morgan fingerprint density at radius 3 is 2.00 bits per heavy atom. The summed E-state index contributed by atoms with van der Waals surface area (Å²) in [6.07, 6.45) is 0. The molecule has 1 nitrogen and oxygen atoms in total. The number of hydrogen-bond acceptors (Lipinski definition) is 1. The van der Waals surface area contributed by atoms with Crippen molar-refractivity contribution in [1.82, 2.24) is 5.32 Å². The van der Waals surface area contributed by atoms with Gasteiger partial charge in [-0.1, -0.05) is 0 Å². The molecule has 27 valence electrons. The van der Waals surface area contributed by atoms with Crippen LogP contribution in [0.2, 0.25) is 0 Å². The third-order valence-corrected chi connectivity index (χ3v) is 2.56. The summed E-state index contributed by atoms with van der Waals surface area (Å²) < 4.78 is 0.771. The molecule has 0 rings (SSSR count). The Morgan fingerprint density at radius 1 is 1.80 bits per heavy atom. The van der Waals surface area contributed by atoms with Crippen molar-refractivity contribution in [1.29, 1.82) is 0 Å². The second kappa shape index (κ2) is 1.30. The zero-order valence-electron chi connectivity index (χ0n) is 3.86. The molecular formula is C3H8NRf. The molecule has 0 bridgehead atoms. The molecule has 0 atom stereocenters. The summed E-state index contributed by atoms with van der Waals surface area (Å²) in [5.74, 6) is 0. The van der Waals surface area contributed by atoms with Crippen molar-refractivity contribution in [2.24, 2.45) is 0 Å². The van der Waals surface area contributed by atoms with E-state index in [2.05, 4.69) is 19.3 Å². The maximum absolute atomic E-state index is 2.33. The first-order chi connectivity index (χ1) is 2.27. The molecule has 2 heteroatoms. The molecule has 0 saturated heterocycles. The van der Waals surface area contributed by atoms with Gasteiger partial charge in [0.2, 0.25) is 0 Å². The molecule has 5 heavy (non-hydrogen) atoms. The molecule has 0 amide bonds. The van der Waals surface area contributed by atoms with E-state index >= 15 is 0 Å². The van der Waals surface area contributed by atoms with Gasteiger partial charge in [0, 0.05) is 0 Å². The second-order valence-electron chi connectivity index (χ2n) is 1.17. The van der Waals surface area contributed by atoms with Crippen LogP contribution in [-0.4, -0.2) is 18.9 Å². The van der Waals surface area contributed by atoms with E-state index in [4.69, 9.17) is 0 Å². The van der Waals surface area contributed by atoms with Crippen molar-refractivity contribution >= 4 is 0 Å². The Balaban J connectivity index is 2.54. The fourth-order valence-corrected chi connectivity index (χ4v) is 0. The van der Waals surface area contributed by atoms with Crippen molar-refractivity contribution in [2.45, 2.75) is 6.92 Å². The molecule has 0 N–H and O–H groups in total. The SMILES string of the molecule is CC[N](C)[Rf]. The first-order valence-corrected chi connectivity index (χ1v) is 4.65. The first-order valence-electron chi connectivity index (χ1n) is 1.79. The van der Waals surface area contributed by atoms with Gasteiger partial charge in [-0.25, -0.2) is 0 Å². The Morgan fingerprint density at radius 2 is 2.00 bits per heavy atom. The topological polar surface area (TPSA) is 3.24 Å². The third-order valence-electron chi connectivity index (χ3n) is 0.540. The summed E-state index contributed by atoms with van der Waals surface area (Å²) in [6.45, 7) is 3.41. The number of nitrogens with zero attached hydrogens (tertiary/aromatic N) is 1. The van der Waals surface area contributed by atoms with E-state index < -0.39 is 0 Å². The Kier molecular flexibility index (Phi) is 1.03. The first kappa shape index (κ1) is 3.96. The zero-order chi connectivity index (χ0) is 4.28. The van der Waals surface area contributed by atoms with Crippen LogP contribution in [0.1, 0.15) is 6.92 Å². The summed E-state index contributed by atoms with van der Waals surface area (Å²) in [6, 6.07) is 0. The van der Waals surface area contributed by atoms with Crippen LogP contribution >= 0.6 is 0 Å². The van der Waals surface area contributed by atoms with E-state index in [0.717, 1.165) is 0 Å². The van der Waals surface area contributed by atoms with Crippen LogP contribution in [0.25, 0.3) is 0 Å². The second-order valence-corrected chi connectivity index (χ2v) is 6.06. The molecule has 0 aliphatic carbocycles. The van der Waals surface area contributed by atoms with Crippen molar-refractivity contribution in [3.8, 4) is 0 Å². The fraction of sp³-hybridized carbons (Fsp3) is 1.00.